The van der Waals surface area contributed by atoms with Crippen LogP contribution in [0.5, 0.6) is 0 Å². The van der Waals surface area contributed by atoms with Crippen molar-refractivity contribution in [1.82, 2.24) is 35.3 Å². The van der Waals surface area contributed by atoms with Gasteiger partial charge < -0.3 is 14.8 Å². The third-order valence-electron chi connectivity index (χ3n) is 6.51. The van der Waals surface area contributed by atoms with Gasteiger partial charge in [0.1, 0.15) is 0 Å². The highest BCUT2D eigenvalue weighted by Gasteiger charge is 2.14. The van der Waals surface area contributed by atoms with Crippen molar-refractivity contribution in [3.8, 4) is 60.7 Å². The standard InChI is InChI=1S/C21H21N7O2.C8H6N6O2.C7H8/c1-4-6-7-8-17-14-27(25-23-17)19-10-16(21(29)30-3)11-20(12-19)28-15-18(24-26-28)13-22-9-5-2;1-16-8(15)5-2-6(11-13-9)4-7(3-5)12-14-10;1-3-5-7-6-4-2/h1-2,10-12,14-15,22H,6-9,13H2,3H3;2-4H,1H3;1-2H,5-7H2. The van der Waals surface area contributed by atoms with E-state index >= 15 is 0 Å². The molecule has 4 aromatic rings. The van der Waals surface area contributed by atoms with Crippen LogP contribution in [-0.4, -0.2) is 62.7 Å². The Morgan fingerprint density at radius 1 is 0.736 bits per heavy atom. The second-order valence-electron chi connectivity index (χ2n) is 10.3. The van der Waals surface area contributed by atoms with Gasteiger partial charge in [-0.1, -0.05) is 26.6 Å². The number of nitrogens with zero attached hydrogens (tertiary/aromatic N) is 12. The summed E-state index contributed by atoms with van der Waals surface area (Å²) >= 11 is 0. The fourth-order valence-electron chi connectivity index (χ4n) is 4.12. The van der Waals surface area contributed by atoms with Crippen LogP contribution < -0.4 is 5.32 Å². The summed E-state index contributed by atoms with van der Waals surface area (Å²) in [5.74, 6) is 9.05. The lowest BCUT2D eigenvalue weighted by Gasteiger charge is -2.08. The highest BCUT2D eigenvalue weighted by Crippen LogP contribution is 2.24. The molecule has 0 saturated heterocycles. The van der Waals surface area contributed by atoms with Gasteiger partial charge >= 0.3 is 11.9 Å². The van der Waals surface area contributed by atoms with Crippen molar-refractivity contribution in [1.29, 1.82) is 0 Å². The van der Waals surface area contributed by atoms with E-state index in [1.54, 1.807) is 27.7 Å². The van der Waals surface area contributed by atoms with Crippen molar-refractivity contribution in [2.24, 2.45) is 10.2 Å². The third kappa shape index (κ3) is 14.5. The van der Waals surface area contributed by atoms with Crippen molar-refractivity contribution in [3.05, 3.63) is 92.2 Å². The molecule has 268 valence electrons. The Kier molecular flexibility index (Phi) is 18.7. The zero-order valence-electron chi connectivity index (χ0n) is 29.1. The molecular weight excluding hydrogens is 678 g/mol. The lowest BCUT2D eigenvalue weighted by atomic mass is 10.1. The van der Waals surface area contributed by atoms with Gasteiger partial charge in [-0.25, -0.2) is 19.0 Å². The molecule has 4 rings (SSSR count). The summed E-state index contributed by atoms with van der Waals surface area (Å²) in [6.07, 6.45) is 28.8. The Hall–Kier alpha value is -7.52. The average Bonchev–Trinajstić information content (AvgIpc) is 3.86. The van der Waals surface area contributed by atoms with E-state index in [2.05, 4.69) is 74.4 Å². The van der Waals surface area contributed by atoms with Crippen LogP contribution in [0.1, 0.15) is 64.2 Å². The van der Waals surface area contributed by atoms with Crippen LogP contribution in [0.3, 0.4) is 0 Å². The van der Waals surface area contributed by atoms with Crippen LogP contribution >= 0.6 is 0 Å². The number of esters is 2. The molecule has 0 amide bonds. The summed E-state index contributed by atoms with van der Waals surface area (Å²) in [5, 5.41) is 26.3. The van der Waals surface area contributed by atoms with E-state index in [0.717, 1.165) is 37.8 Å². The molecule has 1 N–H and O–H groups in total. The summed E-state index contributed by atoms with van der Waals surface area (Å²) in [6, 6.07) is 9.21. The second kappa shape index (κ2) is 23.8. The number of ether oxygens (including phenoxy) is 2. The Bertz CT molecular complexity index is 1990. The van der Waals surface area contributed by atoms with Gasteiger partial charge in [0.15, 0.2) is 0 Å². The molecule has 2 aromatic heterocycles. The molecule has 2 aromatic carbocycles. The summed E-state index contributed by atoms with van der Waals surface area (Å²) in [7, 11) is 2.55. The van der Waals surface area contributed by atoms with Gasteiger partial charge in [0.05, 0.1) is 67.0 Å². The Morgan fingerprint density at radius 2 is 1.23 bits per heavy atom. The number of azide groups is 2. The van der Waals surface area contributed by atoms with E-state index in [4.69, 9.17) is 41.5 Å². The SMILES string of the molecule is C#CCCCC#C.C#CCCCc1cn(-c2cc(C(=O)OC)cc(-n3cc(CNCC#C)nn3)c2)nn1.COC(=O)c1cc(N=[N+]=[N-])cc(N=[N+]=[N-])c1. The number of aromatic nitrogens is 6. The second-order valence-corrected chi connectivity index (χ2v) is 10.3. The van der Waals surface area contributed by atoms with Crippen LogP contribution in [0, 0.1) is 49.4 Å². The number of hydrogen-bond donors (Lipinski definition) is 1. The summed E-state index contributed by atoms with van der Waals surface area (Å²) < 4.78 is 12.6. The van der Waals surface area contributed by atoms with Gasteiger partial charge in [-0.05, 0) is 66.7 Å². The highest BCUT2D eigenvalue weighted by atomic mass is 16.5. The van der Waals surface area contributed by atoms with E-state index < -0.39 is 11.9 Å². The number of carbonyl (C=O) groups excluding carboxylic acids is 2. The molecular formula is C36H35N13O4. The maximum atomic E-state index is 12.2. The predicted octanol–water partition coefficient (Wildman–Crippen LogP) is 6.09. The molecule has 0 atom stereocenters. The minimum atomic E-state index is -0.607. The fraction of sp³-hybridized carbons (Fsp3) is 0.278. The smallest absolute Gasteiger partial charge is 0.338 e. The number of unbranched alkanes of at least 4 members (excludes halogenated alkanes) is 3. The zero-order valence-corrected chi connectivity index (χ0v) is 29.1. The van der Waals surface area contributed by atoms with Crippen LogP contribution in [0.25, 0.3) is 32.3 Å². The number of benzene rings is 2. The monoisotopic (exact) mass is 713 g/mol. The van der Waals surface area contributed by atoms with E-state index in [-0.39, 0.29) is 16.9 Å². The molecule has 17 nitrogen and oxygen atoms in total. The molecule has 53 heavy (non-hydrogen) atoms. The average molecular weight is 714 g/mol. The Morgan fingerprint density at radius 3 is 1.72 bits per heavy atom. The number of rotatable bonds is 14. The molecule has 0 aliphatic carbocycles. The van der Waals surface area contributed by atoms with Gasteiger partial charge in [-0.15, -0.1) is 53.7 Å². The van der Waals surface area contributed by atoms with E-state index in [1.165, 1.54) is 32.4 Å². The maximum Gasteiger partial charge on any atom is 0.338 e. The molecule has 0 unspecified atom stereocenters. The predicted molar refractivity (Wildman–Crippen MR) is 197 cm³/mol. The molecule has 0 aliphatic rings. The Balaban J connectivity index is 0.000000352. The van der Waals surface area contributed by atoms with Crippen molar-refractivity contribution >= 4 is 23.3 Å². The van der Waals surface area contributed by atoms with Crippen molar-refractivity contribution < 1.29 is 19.1 Å². The van der Waals surface area contributed by atoms with E-state index in [1.807, 2.05) is 12.3 Å². The largest absolute Gasteiger partial charge is 0.465 e. The van der Waals surface area contributed by atoms with E-state index in [9.17, 15) is 9.59 Å². The molecule has 17 heteroatoms. The van der Waals surface area contributed by atoms with Gasteiger partial charge in [0, 0.05) is 47.0 Å². The van der Waals surface area contributed by atoms with Crippen molar-refractivity contribution in [3.63, 3.8) is 0 Å². The molecule has 2 heterocycles. The summed E-state index contributed by atoms with van der Waals surface area (Å²) in [4.78, 5) is 28.6. The minimum absolute atomic E-state index is 0.148. The number of carbonyl (C=O) groups is 2. The normalized spacial score (nSPS) is 9.32. The molecule has 0 saturated carbocycles. The number of methoxy groups -OCH3 is 2. The lowest BCUT2D eigenvalue weighted by molar-refractivity contribution is 0.0592. The third-order valence-corrected chi connectivity index (χ3v) is 6.51. The molecule has 0 spiro atoms. The summed E-state index contributed by atoms with van der Waals surface area (Å²) in [5.41, 5.74) is 20.2. The maximum absolute atomic E-state index is 12.2. The lowest BCUT2D eigenvalue weighted by Crippen LogP contribution is -2.13. The number of aryl methyl sites for hydroxylation is 1. The van der Waals surface area contributed by atoms with Gasteiger partial charge in [0.2, 0.25) is 0 Å². The number of hydrogen-bond acceptors (Lipinski definition) is 11. The molecule has 0 bridgehead atoms. The first kappa shape index (κ1) is 41.7. The highest BCUT2D eigenvalue weighted by molar-refractivity contribution is 5.91. The Labute approximate surface area is 306 Å². The first-order valence-corrected chi connectivity index (χ1v) is 15.6. The number of nitrogens with one attached hydrogen (secondary N) is 1. The van der Waals surface area contributed by atoms with Crippen LogP contribution in [0.4, 0.5) is 11.4 Å². The quantitative estimate of drug-likeness (QED) is 0.0398. The summed E-state index contributed by atoms with van der Waals surface area (Å²) in [6.45, 7) is 0.919. The molecule has 0 fully saturated rings. The topological polar surface area (TPSA) is 224 Å². The molecule has 0 radical (unpaired) electrons. The van der Waals surface area contributed by atoms with Gasteiger partial charge in [0.25, 0.3) is 0 Å². The first-order valence-electron chi connectivity index (χ1n) is 15.6. The number of terminal acetylenes is 4. The zero-order chi connectivity index (χ0) is 38.8. The first-order chi connectivity index (χ1) is 25.8. The minimum Gasteiger partial charge on any atom is -0.465 e. The van der Waals surface area contributed by atoms with Gasteiger partial charge in [-0.2, -0.15) is 0 Å². The van der Waals surface area contributed by atoms with Crippen LogP contribution in [0.15, 0.2) is 59.0 Å². The van der Waals surface area contributed by atoms with E-state index in [0.29, 0.717) is 42.1 Å². The van der Waals surface area contributed by atoms with Crippen molar-refractivity contribution in [2.75, 3.05) is 20.8 Å². The fourth-order valence-corrected chi connectivity index (χ4v) is 4.12. The van der Waals surface area contributed by atoms with Crippen LogP contribution in [0.2, 0.25) is 0 Å². The molecule has 0 aliphatic heterocycles. The van der Waals surface area contributed by atoms with Gasteiger partial charge in [-0.3, -0.25) is 0 Å². The van der Waals surface area contributed by atoms with Crippen LogP contribution in [-0.2, 0) is 22.4 Å². The van der Waals surface area contributed by atoms with Crippen molar-refractivity contribution in [2.45, 2.75) is 45.1 Å².